The summed E-state index contributed by atoms with van der Waals surface area (Å²) in [7, 11) is 0. The van der Waals surface area contributed by atoms with Crippen LogP contribution in [0.15, 0.2) is 36.4 Å². The molecule has 0 spiro atoms. The lowest BCUT2D eigenvalue weighted by Crippen LogP contribution is -2.23. The molecule has 0 bridgehead atoms. The SMILES string of the molecule is O=C1C[C@@H](c2cccc(OC(F)F)c2)c2c(ccc3nsnc23)N1. The molecule has 122 valence electrons. The van der Waals surface area contributed by atoms with E-state index in [0.29, 0.717) is 5.69 Å². The summed E-state index contributed by atoms with van der Waals surface area (Å²) in [5, 5.41) is 2.84. The lowest BCUT2D eigenvalue weighted by Gasteiger charge is -2.26. The Morgan fingerprint density at radius 1 is 1.25 bits per heavy atom. The van der Waals surface area contributed by atoms with Crippen LogP contribution in [0.5, 0.6) is 5.75 Å². The minimum Gasteiger partial charge on any atom is -0.435 e. The minimum atomic E-state index is -2.89. The van der Waals surface area contributed by atoms with Crippen molar-refractivity contribution in [3.05, 3.63) is 47.5 Å². The van der Waals surface area contributed by atoms with Gasteiger partial charge in [0.15, 0.2) is 0 Å². The maximum Gasteiger partial charge on any atom is 0.387 e. The van der Waals surface area contributed by atoms with Crippen molar-refractivity contribution in [2.24, 2.45) is 0 Å². The smallest absolute Gasteiger partial charge is 0.387 e. The van der Waals surface area contributed by atoms with E-state index in [2.05, 4.69) is 18.8 Å². The van der Waals surface area contributed by atoms with Gasteiger partial charge in [-0.05, 0) is 29.8 Å². The summed E-state index contributed by atoms with van der Waals surface area (Å²) in [5.41, 5.74) is 3.74. The van der Waals surface area contributed by atoms with Crippen LogP contribution in [0.2, 0.25) is 0 Å². The first kappa shape index (κ1) is 14.9. The number of amides is 1. The molecule has 24 heavy (non-hydrogen) atoms. The van der Waals surface area contributed by atoms with Gasteiger partial charge < -0.3 is 10.1 Å². The van der Waals surface area contributed by atoms with Gasteiger partial charge in [-0.1, -0.05) is 12.1 Å². The number of benzene rings is 2. The first-order chi connectivity index (χ1) is 11.6. The van der Waals surface area contributed by atoms with Crippen LogP contribution >= 0.6 is 11.7 Å². The van der Waals surface area contributed by atoms with Gasteiger partial charge in [-0.2, -0.15) is 17.5 Å². The molecule has 0 aliphatic carbocycles. The Kier molecular flexibility index (Phi) is 3.61. The summed E-state index contributed by atoms with van der Waals surface area (Å²) in [5.74, 6) is -0.351. The van der Waals surface area contributed by atoms with Crippen molar-refractivity contribution in [1.82, 2.24) is 8.75 Å². The fraction of sp³-hybridized carbons (Fsp3) is 0.188. The Hall–Kier alpha value is -2.61. The maximum absolute atomic E-state index is 12.5. The van der Waals surface area contributed by atoms with Crippen LogP contribution in [-0.4, -0.2) is 21.3 Å². The lowest BCUT2D eigenvalue weighted by atomic mass is 9.84. The van der Waals surface area contributed by atoms with Crippen molar-refractivity contribution in [3.63, 3.8) is 0 Å². The molecular weight excluding hydrogens is 336 g/mol. The van der Waals surface area contributed by atoms with E-state index in [9.17, 15) is 13.6 Å². The zero-order valence-electron chi connectivity index (χ0n) is 12.2. The van der Waals surface area contributed by atoms with Crippen LogP contribution in [0, 0.1) is 0 Å². The molecule has 1 aliphatic heterocycles. The third kappa shape index (κ3) is 2.58. The van der Waals surface area contributed by atoms with Crippen molar-refractivity contribution >= 4 is 34.4 Å². The first-order valence-electron chi connectivity index (χ1n) is 7.21. The Morgan fingerprint density at radius 2 is 2.12 bits per heavy atom. The van der Waals surface area contributed by atoms with Crippen LogP contribution in [-0.2, 0) is 4.79 Å². The van der Waals surface area contributed by atoms with Gasteiger partial charge in [0.2, 0.25) is 5.91 Å². The standard InChI is InChI=1S/C16H11F2N3O2S/c17-16(18)23-9-3-1-2-8(6-9)10-7-13(22)19-11-4-5-12-15(14(10)11)21-24-20-12/h1-6,10,16H,7H2,(H,19,22)/t10-/m0/s1. The summed E-state index contributed by atoms with van der Waals surface area (Å²) in [6.07, 6.45) is 0.210. The van der Waals surface area contributed by atoms with E-state index in [4.69, 9.17) is 0 Å². The molecule has 2 heterocycles. The number of halogens is 2. The lowest BCUT2D eigenvalue weighted by molar-refractivity contribution is -0.116. The predicted molar refractivity (Wildman–Crippen MR) is 85.6 cm³/mol. The van der Waals surface area contributed by atoms with Gasteiger partial charge in [0.1, 0.15) is 16.8 Å². The molecule has 4 rings (SSSR count). The Bertz CT molecular complexity index is 929. The highest BCUT2D eigenvalue weighted by Gasteiger charge is 2.30. The molecule has 1 aliphatic rings. The van der Waals surface area contributed by atoms with E-state index in [-0.39, 0.29) is 24.0 Å². The first-order valence-corrected chi connectivity index (χ1v) is 7.94. The number of nitrogens with zero attached hydrogens (tertiary/aromatic N) is 2. The molecule has 0 saturated carbocycles. The number of carbonyl (C=O) groups is 1. The summed E-state index contributed by atoms with van der Waals surface area (Å²) >= 11 is 1.10. The van der Waals surface area contributed by atoms with E-state index >= 15 is 0 Å². The number of rotatable bonds is 3. The van der Waals surface area contributed by atoms with Crippen molar-refractivity contribution in [1.29, 1.82) is 0 Å². The predicted octanol–water partition coefficient (Wildman–Crippen LogP) is 3.77. The molecule has 1 amide bonds. The number of hydrogen-bond donors (Lipinski definition) is 1. The topological polar surface area (TPSA) is 64.1 Å². The summed E-state index contributed by atoms with van der Waals surface area (Å²) < 4.78 is 37.9. The fourth-order valence-corrected chi connectivity index (χ4v) is 3.56. The molecule has 0 unspecified atom stereocenters. The third-order valence-corrected chi connectivity index (χ3v) is 4.51. The number of ether oxygens (including phenoxy) is 1. The second kappa shape index (κ2) is 5.79. The zero-order chi connectivity index (χ0) is 16.7. The van der Waals surface area contributed by atoms with Gasteiger partial charge in [-0.25, -0.2) is 0 Å². The second-order valence-electron chi connectivity index (χ2n) is 5.41. The Labute approximate surface area is 139 Å². The number of anilines is 1. The van der Waals surface area contributed by atoms with Crippen LogP contribution in [0.3, 0.4) is 0 Å². The molecule has 5 nitrogen and oxygen atoms in total. The molecule has 2 aromatic carbocycles. The fourth-order valence-electron chi connectivity index (χ4n) is 3.01. The maximum atomic E-state index is 12.5. The molecule has 0 radical (unpaired) electrons. The average molecular weight is 347 g/mol. The number of alkyl halides is 2. The van der Waals surface area contributed by atoms with Crippen molar-refractivity contribution in [3.8, 4) is 5.75 Å². The highest BCUT2D eigenvalue weighted by molar-refractivity contribution is 7.00. The quantitative estimate of drug-likeness (QED) is 0.783. The molecule has 8 heteroatoms. The van der Waals surface area contributed by atoms with E-state index in [1.165, 1.54) is 12.1 Å². The molecular formula is C16H11F2N3O2S. The summed E-state index contributed by atoms with van der Waals surface area (Å²) in [6.45, 7) is -2.89. The van der Waals surface area contributed by atoms with Gasteiger partial charge in [-0.15, -0.1) is 0 Å². The Balaban J connectivity index is 1.85. The van der Waals surface area contributed by atoms with Crippen LogP contribution in [0.25, 0.3) is 11.0 Å². The third-order valence-electron chi connectivity index (χ3n) is 3.96. The molecule has 0 saturated heterocycles. The largest absolute Gasteiger partial charge is 0.435 e. The van der Waals surface area contributed by atoms with E-state index in [1.807, 2.05) is 0 Å². The normalized spacial score (nSPS) is 17.0. The van der Waals surface area contributed by atoms with E-state index < -0.39 is 6.61 Å². The van der Waals surface area contributed by atoms with Gasteiger partial charge in [-0.3, -0.25) is 4.79 Å². The van der Waals surface area contributed by atoms with Crippen LogP contribution < -0.4 is 10.1 Å². The van der Waals surface area contributed by atoms with E-state index in [0.717, 1.165) is 33.9 Å². The molecule has 1 N–H and O–H groups in total. The summed E-state index contributed by atoms with van der Waals surface area (Å²) in [4.78, 5) is 12.1. The molecule has 1 atom stereocenters. The number of nitrogens with one attached hydrogen (secondary N) is 1. The van der Waals surface area contributed by atoms with Crippen LogP contribution in [0.1, 0.15) is 23.5 Å². The number of aromatic nitrogens is 2. The van der Waals surface area contributed by atoms with Gasteiger partial charge in [0, 0.05) is 23.6 Å². The monoisotopic (exact) mass is 347 g/mol. The molecule has 0 fully saturated rings. The minimum absolute atomic E-state index is 0.0682. The second-order valence-corrected chi connectivity index (χ2v) is 5.94. The average Bonchev–Trinajstić information content (AvgIpc) is 3.02. The van der Waals surface area contributed by atoms with Gasteiger partial charge in [0.05, 0.1) is 11.7 Å². The highest BCUT2D eigenvalue weighted by atomic mass is 32.1. The number of carbonyl (C=O) groups excluding carboxylic acids is 1. The zero-order valence-corrected chi connectivity index (χ0v) is 13.0. The van der Waals surface area contributed by atoms with Crippen molar-refractivity contribution < 1.29 is 18.3 Å². The van der Waals surface area contributed by atoms with Crippen molar-refractivity contribution in [2.75, 3.05) is 5.32 Å². The highest BCUT2D eigenvalue weighted by Crippen LogP contribution is 2.41. The Morgan fingerprint density at radius 3 is 2.96 bits per heavy atom. The molecule has 1 aromatic heterocycles. The van der Waals surface area contributed by atoms with Gasteiger partial charge >= 0.3 is 6.61 Å². The van der Waals surface area contributed by atoms with Crippen LogP contribution in [0.4, 0.5) is 14.5 Å². The van der Waals surface area contributed by atoms with Gasteiger partial charge in [0.25, 0.3) is 0 Å². The number of hydrogen-bond acceptors (Lipinski definition) is 5. The van der Waals surface area contributed by atoms with E-state index in [1.54, 1.807) is 24.3 Å². The van der Waals surface area contributed by atoms with Crippen molar-refractivity contribution in [2.45, 2.75) is 19.0 Å². The molecule has 3 aromatic rings. The summed E-state index contributed by atoms with van der Waals surface area (Å²) in [6, 6.07) is 10.0. The number of fused-ring (bicyclic) bond motifs is 3.